The Hall–Kier alpha value is -3.29. The molecular weight excluding hydrogens is 434 g/mol. The molecular formula is C26H29N3O3S. The van der Waals surface area contributed by atoms with E-state index in [0.717, 1.165) is 42.0 Å². The number of unbranched alkanes of at least 4 members (excludes halogenated alkanes) is 3. The maximum Gasteiger partial charge on any atom is 0.251 e. The zero-order chi connectivity index (χ0) is 23.3. The van der Waals surface area contributed by atoms with Gasteiger partial charge in [-0.25, -0.2) is 5.48 Å². The molecule has 0 saturated heterocycles. The number of hydrogen-bond donors (Lipinski definition) is 3. The van der Waals surface area contributed by atoms with Gasteiger partial charge in [0.1, 0.15) is 0 Å². The van der Waals surface area contributed by atoms with E-state index in [1.807, 2.05) is 60.7 Å². The fourth-order valence-corrected chi connectivity index (χ4v) is 4.22. The molecule has 3 N–H and O–H groups in total. The van der Waals surface area contributed by atoms with E-state index in [9.17, 15) is 9.59 Å². The third kappa shape index (κ3) is 7.97. The van der Waals surface area contributed by atoms with Crippen LogP contribution in [0.3, 0.4) is 0 Å². The van der Waals surface area contributed by atoms with Gasteiger partial charge in [-0.15, -0.1) is 0 Å². The van der Waals surface area contributed by atoms with Gasteiger partial charge in [0.25, 0.3) is 5.91 Å². The highest BCUT2D eigenvalue weighted by Crippen LogP contribution is 2.36. The number of carbonyl (C=O) groups is 2. The second-order valence-electron chi connectivity index (χ2n) is 7.54. The molecule has 0 heterocycles. The molecule has 0 aliphatic rings. The summed E-state index contributed by atoms with van der Waals surface area (Å²) in [5, 5.41) is 11.4. The Balaban J connectivity index is 1.54. The van der Waals surface area contributed by atoms with E-state index in [1.165, 1.54) is 0 Å². The topological polar surface area (TPSA) is 81.7 Å². The fourth-order valence-electron chi connectivity index (χ4n) is 3.28. The third-order valence-corrected chi connectivity index (χ3v) is 6.12. The summed E-state index contributed by atoms with van der Waals surface area (Å²) in [5.41, 5.74) is 4.29. The first-order valence-electron chi connectivity index (χ1n) is 11.1. The molecule has 0 spiro atoms. The predicted octanol–water partition coefficient (Wildman–Crippen LogP) is 5.72. The van der Waals surface area contributed by atoms with Crippen molar-refractivity contribution >= 4 is 35.1 Å². The number of para-hydroxylation sites is 1. The minimum absolute atomic E-state index is 0.0943. The minimum Gasteiger partial charge on any atom is -0.352 e. The van der Waals surface area contributed by atoms with E-state index in [2.05, 4.69) is 33.9 Å². The molecule has 2 amide bonds. The standard InChI is InChI=1S/C26H29N3O3S/c30-25(28-32)15-9-1-2-10-20-27-26(31)21-16-18-23(19-17-21)29(22-11-5-3-6-12-22)33-24-13-7-4-8-14-24/h3-8,11-14,16-19,32H,1-2,9-10,15,20H2,(H,27,31)(H,28,30). The lowest BCUT2D eigenvalue weighted by molar-refractivity contribution is -0.129. The maximum absolute atomic E-state index is 12.5. The number of anilines is 2. The van der Waals surface area contributed by atoms with Gasteiger partial charge in [0.05, 0.1) is 11.4 Å². The van der Waals surface area contributed by atoms with E-state index in [-0.39, 0.29) is 11.8 Å². The summed E-state index contributed by atoms with van der Waals surface area (Å²) in [6.07, 6.45) is 3.69. The fraction of sp³-hybridized carbons (Fsp3) is 0.231. The molecule has 0 atom stereocenters. The molecule has 3 aromatic rings. The Bertz CT molecular complexity index is 998. The minimum atomic E-state index is -0.361. The molecule has 172 valence electrons. The SMILES string of the molecule is O=C(CCCCCCNC(=O)c1ccc(N(Sc2ccccc2)c2ccccc2)cc1)NO. The van der Waals surface area contributed by atoms with Crippen molar-refractivity contribution in [2.75, 3.05) is 10.8 Å². The normalized spacial score (nSPS) is 10.5. The molecule has 0 radical (unpaired) electrons. The van der Waals surface area contributed by atoms with Crippen LogP contribution in [0.15, 0.2) is 89.8 Å². The van der Waals surface area contributed by atoms with Crippen molar-refractivity contribution in [2.24, 2.45) is 0 Å². The van der Waals surface area contributed by atoms with E-state index < -0.39 is 0 Å². The van der Waals surface area contributed by atoms with Crippen LogP contribution < -0.4 is 15.1 Å². The molecule has 3 aromatic carbocycles. The Morgan fingerprint density at radius 1 is 0.758 bits per heavy atom. The number of nitrogens with zero attached hydrogens (tertiary/aromatic N) is 1. The van der Waals surface area contributed by atoms with E-state index in [4.69, 9.17) is 5.21 Å². The number of rotatable bonds is 12. The van der Waals surface area contributed by atoms with Crippen LogP contribution in [0.5, 0.6) is 0 Å². The highest BCUT2D eigenvalue weighted by Gasteiger charge is 2.13. The van der Waals surface area contributed by atoms with Crippen LogP contribution in [0.25, 0.3) is 0 Å². The van der Waals surface area contributed by atoms with Crippen molar-refractivity contribution in [3.8, 4) is 0 Å². The van der Waals surface area contributed by atoms with Crippen LogP contribution in [0.4, 0.5) is 11.4 Å². The van der Waals surface area contributed by atoms with Gasteiger partial charge in [0, 0.05) is 23.4 Å². The predicted molar refractivity (Wildman–Crippen MR) is 133 cm³/mol. The van der Waals surface area contributed by atoms with Crippen molar-refractivity contribution in [2.45, 2.75) is 37.0 Å². The molecule has 0 unspecified atom stereocenters. The summed E-state index contributed by atoms with van der Waals surface area (Å²) < 4.78 is 2.15. The smallest absolute Gasteiger partial charge is 0.251 e. The summed E-state index contributed by atoms with van der Waals surface area (Å²) in [6.45, 7) is 0.590. The van der Waals surface area contributed by atoms with Gasteiger partial charge in [0.15, 0.2) is 0 Å². The molecule has 6 nitrogen and oxygen atoms in total. The zero-order valence-corrected chi connectivity index (χ0v) is 19.3. The number of carbonyl (C=O) groups excluding carboxylic acids is 2. The molecule has 3 rings (SSSR count). The average Bonchev–Trinajstić information content (AvgIpc) is 2.87. The number of hydrogen-bond acceptors (Lipinski definition) is 5. The van der Waals surface area contributed by atoms with Crippen LogP contribution >= 0.6 is 11.9 Å². The number of amides is 2. The molecule has 0 aromatic heterocycles. The largest absolute Gasteiger partial charge is 0.352 e. The van der Waals surface area contributed by atoms with Crippen molar-refractivity contribution in [3.05, 3.63) is 90.5 Å². The van der Waals surface area contributed by atoms with Gasteiger partial charge in [0.2, 0.25) is 5.91 Å². The van der Waals surface area contributed by atoms with Gasteiger partial charge >= 0.3 is 0 Å². The Kier molecular flexibility index (Phi) is 9.82. The Labute approximate surface area is 199 Å². The summed E-state index contributed by atoms with van der Waals surface area (Å²) in [5.74, 6) is -0.456. The zero-order valence-electron chi connectivity index (χ0n) is 18.4. The number of benzene rings is 3. The molecule has 0 aliphatic carbocycles. The lowest BCUT2D eigenvalue weighted by Gasteiger charge is -2.23. The van der Waals surface area contributed by atoms with Gasteiger partial charge < -0.3 is 5.32 Å². The van der Waals surface area contributed by atoms with Crippen LogP contribution in [-0.4, -0.2) is 23.6 Å². The van der Waals surface area contributed by atoms with Crippen molar-refractivity contribution in [1.82, 2.24) is 10.8 Å². The number of hydroxylamine groups is 1. The summed E-state index contributed by atoms with van der Waals surface area (Å²) in [4.78, 5) is 24.6. The van der Waals surface area contributed by atoms with E-state index >= 15 is 0 Å². The van der Waals surface area contributed by atoms with E-state index in [0.29, 0.717) is 18.5 Å². The first kappa shape index (κ1) is 24.4. The van der Waals surface area contributed by atoms with Crippen LogP contribution in [0.1, 0.15) is 42.5 Å². The summed E-state index contributed by atoms with van der Waals surface area (Å²) in [7, 11) is 0. The maximum atomic E-state index is 12.5. The first-order chi connectivity index (χ1) is 16.2. The Morgan fingerprint density at radius 3 is 2.03 bits per heavy atom. The first-order valence-corrected chi connectivity index (χ1v) is 11.8. The molecule has 33 heavy (non-hydrogen) atoms. The van der Waals surface area contributed by atoms with Crippen molar-refractivity contribution in [1.29, 1.82) is 0 Å². The molecule has 0 aliphatic heterocycles. The van der Waals surface area contributed by atoms with Gasteiger partial charge in [-0.2, -0.15) is 0 Å². The number of nitrogens with one attached hydrogen (secondary N) is 2. The third-order valence-electron chi connectivity index (χ3n) is 5.04. The van der Waals surface area contributed by atoms with Gasteiger partial charge in [-0.1, -0.05) is 49.2 Å². The lowest BCUT2D eigenvalue weighted by atomic mass is 10.1. The second-order valence-corrected chi connectivity index (χ2v) is 8.56. The van der Waals surface area contributed by atoms with E-state index in [1.54, 1.807) is 17.4 Å². The summed E-state index contributed by atoms with van der Waals surface area (Å²) >= 11 is 1.63. The monoisotopic (exact) mass is 463 g/mol. The van der Waals surface area contributed by atoms with Crippen LogP contribution in [-0.2, 0) is 4.79 Å². The van der Waals surface area contributed by atoms with Gasteiger partial charge in [-0.3, -0.25) is 19.1 Å². The summed E-state index contributed by atoms with van der Waals surface area (Å²) in [6, 6.07) is 27.9. The Morgan fingerprint density at radius 2 is 1.36 bits per heavy atom. The molecule has 0 bridgehead atoms. The quantitative estimate of drug-likeness (QED) is 0.139. The highest BCUT2D eigenvalue weighted by molar-refractivity contribution is 8.01. The average molecular weight is 464 g/mol. The highest BCUT2D eigenvalue weighted by atomic mass is 32.2. The second kappa shape index (κ2) is 13.3. The lowest BCUT2D eigenvalue weighted by Crippen LogP contribution is -2.24. The van der Waals surface area contributed by atoms with Gasteiger partial charge in [-0.05, 0) is 73.3 Å². The van der Waals surface area contributed by atoms with Crippen LogP contribution in [0, 0.1) is 0 Å². The van der Waals surface area contributed by atoms with Crippen LogP contribution in [0.2, 0.25) is 0 Å². The van der Waals surface area contributed by atoms with Crippen molar-refractivity contribution in [3.63, 3.8) is 0 Å². The molecule has 0 fully saturated rings. The molecule has 7 heteroatoms. The molecule has 0 saturated carbocycles. The van der Waals surface area contributed by atoms with Crippen molar-refractivity contribution < 1.29 is 14.8 Å².